The van der Waals surface area contributed by atoms with Crippen LogP contribution < -0.4 is 0 Å². The van der Waals surface area contributed by atoms with Crippen molar-refractivity contribution in [3.63, 3.8) is 0 Å². The zero-order chi connectivity index (χ0) is 11.1. The highest BCUT2D eigenvalue weighted by Crippen LogP contribution is 2.21. The molecule has 2 atom stereocenters. The molecule has 3 nitrogen and oxygen atoms in total. The van der Waals surface area contributed by atoms with Crippen LogP contribution in [0.25, 0.3) is 0 Å². The van der Waals surface area contributed by atoms with Gasteiger partial charge in [0.05, 0.1) is 31.5 Å². The number of ether oxygens (including phenoxy) is 3. The van der Waals surface area contributed by atoms with Gasteiger partial charge in [0.25, 0.3) is 0 Å². The van der Waals surface area contributed by atoms with Crippen LogP contribution in [0.1, 0.15) is 39.5 Å². The third-order valence-electron chi connectivity index (χ3n) is 2.89. The molecule has 0 aromatic carbocycles. The van der Waals surface area contributed by atoms with E-state index in [9.17, 15) is 0 Å². The molecule has 2 unspecified atom stereocenters. The highest BCUT2D eigenvalue weighted by Gasteiger charge is 2.16. The largest absolute Gasteiger partial charge is 0.379 e. The highest BCUT2D eigenvalue weighted by molar-refractivity contribution is 4.67. The minimum Gasteiger partial charge on any atom is -0.379 e. The summed E-state index contributed by atoms with van der Waals surface area (Å²) in [5, 5.41) is 0. The lowest BCUT2D eigenvalue weighted by atomic mass is 10.3. The summed E-state index contributed by atoms with van der Waals surface area (Å²) in [5.41, 5.74) is 0. The SMILES string of the molecule is COC(C)COC(C)COC1CCCC1. The molecule has 1 rings (SSSR count). The minimum absolute atomic E-state index is 0.166. The van der Waals surface area contributed by atoms with Gasteiger partial charge in [0.15, 0.2) is 0 Å². The van der Waals surface area contributed by atoms with Crippen molar-refractivity contribution in [1.82, 2.24) is 0 Å². The Morgan fingerprint density at radius 2 is 1.73 bits per heavy atom. The van der Waals surface area contributed by atoms with Gasteiger partial charge in [-0.15, -0.1) is 0 Å². The van der Waals surface area contributed by atoms with Crippen molar-refractivity contribution in [1.29, 1.82) is 0 Å². The van der Waals surface area contributed by atoms with Crippen molar-refractivity contribution in [2.45, 2.75) is 57.8 Å². The smallest absolute Gasteiger partial charge is 0.0781 e. The van der Waals surface area contributed by atoms with Gasteiger partial charge < -0.3 is 14.2 Å². The Bertz CT molecular complexity index is 155. The molecule has 15 heavy (non-hydrogen) atoms. The normalized spacial score (nSPS) is 21.8. The summed E-state index contributed by atoms with van der Waals surface area (Å²) in [4.78, 5) is 0. The van der Waals surface area contributed by atoms with Crippen LogP contribution in [0.3, 0.4) is 0 Å². The van der Waals surface area contributed by atoms with Gasteiger partial charge in [-0.25, -0.2) is 0 Å². The molecule has 1 fully saturated rings. The molecular weight excluding hydrogens is 192 g/mol. The Balaban J connectivity index is 1.99. The van der Waals surface area contributed by atoms with Gasteiger partial charge in [-0.05, 0) is 26.7 Å². The van der Waals surface area contributed by atoms with E-state index in [4.69, 9.17) is 14.2 Å². The molecule has 0 N–H and O–H groups in total. The van der Waals surface area contributed by atoms with Gasteiger partial charge >= 0.3 is 0 Å². The Kier molecular flexibility index (Phi) is 6.22. The zero-order valence-electron chi connectivity index (χ0n) is 10.2. The van der Waals surface area contributed by atoms with Crippen molar-refractivity contribution >= 4 is 0 Å². The van der Waals surface area contributed by atoms with E-state index in [2.05, 4.69) is 6.92 Å². The van der Waals surface area contributed by atoms with Crippen LogP contribution in [0.2, 0.25) is 0 Å². The average Bonchev–Trinajstić information content (AvgIpc) is 2.75. The summed E-state index contributed by atoms with van der Waals surface area (Å²) in [7, 11) is 1.70. The van der Waals surface area contributed by atoms with E-state index >= 15 is 0 Å². The van der Waals surface area contributed by atoms with E-state index in [1.165, 1.54) is 25.7 Å². The third-order valence-corrected chi connectivity index (χ3v) is 2.89. The second-order valence-corrected chi connectivity index (χ2v) is 4.43. The monoisotopic (exact) mass is 216 g/mol. The standard InChI is InChI=1S/C12H24O3/c1-10(13-3)8-14-11(2)9-15-12-6-4-5-7-12/h10-12H,4-9H2,1-3H3. The molecule has 0 amide bonds. The van der Waals surface area contributed by atoms with Crippen molar-refractivity contribution in [2.24, 2.45) is 0 Å². The zero-order valence-corrected chi connectivity index (χ0v) is 10.2. The quantitative estimate of drug-likeness (QED) is 0.654. The molecule has 1 saturated carbocycles. The van der Waals surface area contributed by atoms with E-state index in [0.717, 1.165) is 0 Å². The molecule has 0 saturated heterocycles. The van der Waals surface area contributed by atoms with E-state index in [0.29, 0.717) is 19.3 Å². The van der Waals surface area contributed by atoms with Crippen molar-refractivity contribution in [3.8, 4) is 0 Å². The van der Waals surface area contributed by atoms with Gasteiger partial charge in [0, 0.05) is 7.11 Å². The molecule has 0 aliphatic heterocycles. The summed E-state index contributed by atoms with van der Waals surface area (Å²) in [6.07, 6.45) is 5.90. The number of hydrogen-bond acceptors (Lipinski definition) is 3. The molecular formula is C12H24O3. The fourth-order valence-corrected chi connectivity index (χ4v) is 1.74. The predicted molar refractivity (Wildman–Crippen MR) is 60.1 cm³/mol. The Morgan fingerprint density at radius 3 is 2.33 bits per heavy atom. The predicted octanol–water partition coefficient (Wildman–Crippen LogP) is 2.39. The van der Waals surface area contributed by atoms with E-state index in [-0.39, 0.29) is 12.2 Å². The van der Waals surface area contributed by atoms with Crippen LogP contribution in [0.4, 0.5) is 0 Å². The number of hydrogen-bond donors (Lipinski definition) is 0. The lowest BCUT2D eigenvalue weighted by Gasteiger charge is -2.18. The topological polar surface area (TPSA) is 27.7 Å². The first kappa shape index (κ1) is 12.9. The lowest BCUT2D eigenvalue weighted by Crippen LogP contribution is -2.24. The molecule has 0 aromatic rings. The highest BCUT2D eigenvalue weighted by atomic mass is 16.6. The Morgan fingerprint density at radius 1 is 1.07 bits per heavy atom. The maximum Gasteiger partial charge on any atom is 0.0781 e. The average molecular weight is 216 g/mol. The fraction of sp³-hybridized carbons (Fsp3) is 1.00. The molecule has 0 radical (unpaired) electrons. The van der Waals surface area contributed by atoms with Gasteiger partial charge in [0.2, 0.25) is 0 Å². The fourth-order valence-electron chi connectivity index (χ4n) is 1.74. The minimum atomic E-state index is 0.166. The summed E-state index contributed by atoms with van der Waals surface area (Å²) in [6, 6.07) is 0. The van der Waals surface area contributed by atoms with Gasteiger partial charge in [-0.3, -0.25) is 0 Å². The van der Waals surface area contributed by atoms with Crippen molar-refractivity contribution in [3.05, 3.63) is 0 Å². The number of rotatable bonds is 7. The Labute approximate surface area is 93.1 Å². The van der Waals surface area contributed by atoms with Crippen molar-refractivity contribution < 1.29 is 14.2 Å². The van der Waals surface area contributed by atoms with Crippen LogP contribution in [-0.4, -0.2) is 38.6 Å². The lowest BCUT2D eigenvalue weighted by molar-refractivity contribution is -0.0616. The molecule has 0 heterocycles. The van der Waals surface area contributed by atoms with E-state index in [1.54, 1.807) is 7.11 Å². The second kappa shape index (κ2) is 7.20. The molecule has 1 aliphatic rings. The van der Waals surface area contributed by atoms with Crippen LogP contribution in [0.15, 0.2) is 0 Å². The van der Waals surface area contributed by atoms with Crippen LogP contribution >= 0.6 is 0 Å². The van der Waals surface area contributed by atoms with E-state index < -0.39 is 0 Å². The number of methoxy groups -OCH3 is 1. The molecule has 0 aromatic heterocycles. The summed E-state index contributed by atoms with van der Waals surface area (Å²) in [6.45, 7) is 5.41. The van der Waals surface area contributed by atoms with Gasteiger partial charge in [-0.1, -0.05) is 12.8 Å². The molecule has 1 aliphatic carbocycles. The first-order chi connectivity index (χ1) is 7.22. The van der Waals surface area contributed by atoms with Gasteiger partial charge in [-0.2, -0.15) is 0 Å². The maximum atomic E-state index is 5.76. The maximum absolute atomic E-state index is 5.76. The Hall–Kier alpha value is -0.120. The van der Waals surface area contributed by atoms with Gasteiger partial charge in [0.1, 0.15) is 0 Å². The molecule has 0 spiro atoms. The van der Waals surface area contributed by atoms with Crippen LogP contribution in [-0.2, 0) is 14.2 Å². The van der Waals surface area contributed by atoms with Crippen LogP contribution in [0.5, 0.6) is 0 Å². The second-order valence-electron chi connectivity index (χ2n) is 4.43. The van der Waals surface area contributed by atoms with Crippen LogP contribution in [0, 0.1) is 0 Å². The van der Waals surface area contributed by atoms with Crippen molar-refractivity contribution in [2.75, 3.05) is 20.3 Å². The first-order valence-corrected chi connectivity index (χ1v) is 5.98. The summed E-state index contributed by atoms with van der Waals surface area (Å²) < 4.78 is 16.5. The third kappa shape index (κ3) is 5.50. The first-order valence-electron chi connectivity index (χ1n) is 5.98. The summed E-state index contributed by atoms with van der Waals surface area (Å²) in [5.74, 6) is 0. The van der Waals surface area contributed by atoms with E-state index in [1.807, 2.05) is 6.92 Å². The summed E-state index contributed by atoms with van der Waals surface area (Å²) >= 11 is 0. The molecule has 90 valence electrons. The molecule has 0 bridgehead atoms. The molecule has 3 heteroatoms.